The van der Waals surface area contributed by atoms with Gasteiger partial charge in [-0.1, -0.05) is 18.2 Å². The van der Waals surface area contributed by atoms with Crippen molar-refractivity contribution in [2.24, 2.45) is 5.14 Å². The van der Waals surface area contributed by atoms with Crippen LogP contribution in [-0.2, 0) is 14.8 Å². The van der Waals surface area contributed by atoms with Crippen molar-refractivity contribution in [3.05, 3.63) is 53.6 Å². The largest absolute Gasteiger partial charge is 0.348 e. The van der Waals surface area contributed by atoms with Gasteiger partial charge in [-0.2, -0.15) is 0 Å². The number of carbonyl (C=O) groups is 1. The van der Waals surface area contributed by atoms with Gasteiger partial charge in [0.1, 0.15) is 0 Å². The molecule has 0 radical (unpaired) electrons. The molecule has 2 aromatic rings. The molecule has 0 aromatic heterocycles. The van der Waals surface area contributed by atoms with E-state index in [4.69, 9.17) is 17.4 Å². The lowest BCUT2D eigenvalue weighted by Gasteiger charge is -2.24. The fourth-order valence-corrected chi connectivity index (χ4v) is 4.47. The van der Waals surface area contributed by atoms with Crippen LogP contribution in [0.2, 0.25) is 0 Å². The Bertz CT molecular complexity index is 1070. The second-order valence-electron chi connectivity index (χ2n) is 7.93. The highest BCUT2D eigenvalue weighted by Crippen LogP contribution is 2.19. The number of benzene rings is 2. The Morgan fingerprint density at radius 1 is 1.00 bits per heavy atom. The molecule has 0 spiro atoms. The van der Waals surface area contributed by atoms with Crippen molar-refractivity contribution in [3.8, 4) is 0 Å². The Labute approximate surface area is 194 Å². The SMILES string of the molecule is Cc1cccc(C)c1NC(=O)CN1CCCN(C(=S)Nc2ccc(S(N)(=O)=O)cc2)CC1. The summed E-state index contributed by atoms with van der Waals surface area (Å²) in [4.78, 5) is 16.8. The molecule has 2 aromatic carbocycles. The van der Waals surface area contributed by atoms with E-state index in [0.29, 0.717) is 30.4 Å². The molecule has 0 aliphatic carbocycles. The molecule has 8 nitrogen and oxygen atoms in total. The number of primary sulfonamides is 1. The molecule has 0 unspecified atom stereocenters. The zero-order valence-electron chi connectivity index (χ0n) is 18.3. The van der Waals surface area contributed by atoms with Gasteiger partial charge in [-0.05, 0) is 67.9 Å². The lowest BCUT2D eigenvalue weighted by molar-refractivity contribution is -0.117. The maximum absolute atomic E-state index is 12.6. The summed E-state index contributed by atoms with van der Waals surface area (Å²) in [6, 6.07) is 12.1. The van der Waals surface area contributed by atoms with E-state index < -0.39 is 10.0 Å². The van der Waals surface area contributed by atoms with E-state index >= 15 is 0 Å². The van der Waals surface area contributed by atoms with Crippen LogP contribution in [0.1, 0.15) is 17.5 Å². The summed E-state index contributed by atoms with van der Waals surface area (Å²) < 4.78 is 22.8. The van der Waals surface area contributed by atoms with Crippen molar-refractivity contribution in [1.82, 2.24) is 9.80 Å². The molecule has 1 fully saturated rings. The molecule has 0 saturated carbocycles. The van der Waals surface area contributed by atoms with E-state index in [1.807, 2.05) is 32.0 Å². The number of rotatable bonds is 5. The second kappa shape index (κ2) is 10.4. The molecule has 0 bridgehead atoms. The number of aryl methyl sites for hydroxylation is 2. The number of sulfonamides is 1. The van der Waals surface area contributed by atoms with E-state index in [0.717, 1.165) is 36.3 Å². The lowest BCUT2D eigenvalue weighted by atomic mass is 10.1. The first kappa shape index (κ1) is 24.1. The zero-order chi connectivity index (χ0) is 23.3. The summed E-state index contributed by atoms with van der Waals surface area (Å²) in [6.45, 7) is 7.30. The zero-order valence-corrected chi connectivity index (χ0v) is 19.9. The Morgan fingerprint density at radius 2 is 1.66 bits per heavy atom. The highest BCUT2D eigenvalue weighted by molar-refractivity contribution is 7.89. The van der Waals surface area contributed by atoms with Crippen LogP contribution in [0.3, 0.4) is 0 Å². The Balaban J connectivity index is 1.52. The normalized spacial score (nSPS) is 15.2. The van der Waals surface area contributed by atoms with Crippen LogP contribution >= 0.6 is 12.2 Å². The van der Waals surface area contributed by atoms with Crippen LogP contribution in [0.15, 0.2) is 47.4 Å². The van der Waals surface area contributed by atoms with Crippen LogP contribution in [0.4, 0.5) is 11.4 Å². The number of para-hydroxylation sites is 1. The summed E-state index contributed by atoms with van der Waals surface area (Å²) in [6.07, 6.45) is 0.878. The minimum absolute atomic E-state index is 0.0218. The fraction of sp³-hybridized carbons (Fsp3) is 0.364. The third-order valence-corrected chi connectivity index (χ3v) is 6.71. The summed E-state index contributed by atoms with van der Waals surface area (Å²) >= 11 is 5.54. The van der Waals surface area contributed by atoms with E-state index in [-0.39, 0.29) is 10.8 Å². The van der Waals surface area contributed by atoms with Crippen molar-refractivity contribution in [2.45, 2.75) is 25.2 Å². The highest BCUT2D eigenvalue weighted by Gasteiger charge is 2.19. The Hall–Kier alpha value is -2.53. The smallest absolute Gasteiger partial charge is 0.238 e. The van der Waals surface area contributed by atoms with Gasteiger partial charge in [-0.3, -0.25) is 9.69 Å². The number of hydrogen-bond donors (Lipinski definition) is 3. The maximum atomic E-state index is 12.6. The molecule has 0 atom stereocenters. The first-order chi connectivity index (χ1) is 15.1. The molecule has 1 aliphatic rings. The number of hydrogen-bond acceptors (Lipinski definition) is 5. The van der Waals surface area contributed by atoms with Gasteiger partial charge in [0, 0.05) is 37.6 Å². The van der Waals surface area contributed by atoms with Crippen molar-refractivity contribution in [3.63, 3.8) is 0 Å². The first-order valence-electron chi connectivity index (χ1n) is 10.4. The van der Waals surface area contributed by atoms with Gasteiger partial charge in [0.25, 0.3) is 0 Å². The number of anilines is 2. The minimum Gasteiger partial charge on any atom is -0.348 e. The van der Waals surface area contributed by atoms with Crippen molar-refractivity contribution >= 4 is 44.6 Å². The number of thiocarbonyl (C=S) groups is 1. The molecule has 4 N–H and O–H groups in total. The van der Waals surface area contributed by atoms with Crippen molar-refractivity contribution in [2.75, 3.05) is 43.4 Å². The van der Waals surface area contributed by atoms with E-state index in [1.54, 1.807) is 12.1 Å². The molecule has 32 heavy (non-hydrogen) atoms. The van der Waals surface area contributed by atoms with E-state index in [1.165, 1.54) is 12.1 Å². The topological polar surface area (TPSA) is 108 Å². The number of carbonyl (C=O) groups excluding carboxylic acids is 1. The molecular weight excluding hydrogens is 446 g/mol. The summed E-state index contributed by atoms with van der Waals surface area (Å²) in [5, 5.41) is 11.9. The maximum Gasteiger partial charge on any atom is 0.238 e. The van der Waals surface area contributed by atoms with Crippen LogP contribution in [-0.4, -0.2) is 62.0 Å². The lowest BCUT2D eigenvalue weighted by Crippen LogP contribution is -2.39. The van der Waals surface area contributed by atoms with Gasteiger partial charge in [0.05, 0.1) is 11.4 Å². The third kappa shape index (κ3) is 6.49. The van der Waals surface area contributed by atoms with Crippen LogP contribution in [0.25, 0.3) is 0 Å². The molecule has 1 heterocycles. The quantitative estimate of drug-likeness (QED) is 0.570. The number of nitrogens with two attached hydrogens (primary N) is 1. The van der Waals surface area contributed by atoms with E-state index in [9.17, 15) is 13.2 Å². The van der Waals surface area contributed by atoms with Crippen LogP contribution in [0.5, 0.6) is 0 Å². The number of nitrogens with one attached hydrogen (secondary N) is 2. The molecule has 1 aliphatic heterocycles. The molecule has 10 heteroatoms. The molecule has 3 rings (SSSR count). The van der Waals surface area contributed by atoms with Gasteiger partial charge in [0.2, 0.25) is 15.9 Å². The van der Waals surface area contributed by atoms with Crippen molar-refractivity contribution in [1.29, 1.82) is 0 Å². The predicted octanol–water partition coefficient (Wildman–Crippen LogP) is 2.29. The average Bonchev–Trinajstić information content (AvgIpc) is 2.96. The first-order valence-corrected chi connectivity index (χ1v) is 12.4. The van der Waals surface area contributed by atoms with Crippen LogP contribution in [0, 0.1) is 13.8 Å². The van der Waals surface area contributed by atoms with Gasteiger partial charge in [-0.25, -0.2) is 13.6 Å². The number of amides is 1. The molecule has 1 saturated heterocycles. The molecule has 1 amide bonds. The highest BCUT2D eigenvalue weighted by atomic mass is 32.2. The number of nitrogens with zero attached hydrogens (tertiary/aromatic N) is 2. The summed E-state index contributed by atoms with van der Waals surface area (Å²) in [5.74, 6) is -0.0218. The van der Waals surface area contributed by atoms with Gasteiger partial charge < -0.3 is 15.5 Å². The monoisotopic (exact) mass is 475 g/mol. The Kier molecular flexibility index (Phi) is 7.83. The molecule has 172 valence electrons. The Morgan fingerprint density at radius 3 is 2.28 bits per heavy atom. The average molecular weight is 476 g/mol. The minimum atomic E-state index is -3.72. The summed E-state index contributed by atoms with van der Waals surface area (Å²) in [5.41, 5.74) is 3.67. The second-order valence-corrected chi connectivity index (χ2v) is 9.88. The third-order valence-electron chi connectivity index (χ3n) is 5.42. The standard InChI is InChI=1S/C22H29N5O3S2/c1-16-5-3-6-17(2)21(16)25-20(28)15-26-11-4-12-27(14-13-26)22(31)24-18-7-9-19(10-8-18)32(23,29)30/h3,5-10H,4,11-15H2,1-2H3,(H,24,31)(H,25,28)(H2,23,29,30). The fourth-order valence-electron chi connectivity index (χ4n) is 3.66. The van der Waals surface area contributed by atoms with E-state index in [2.05, 4.69) is 20.4 Å². The van der Waals surface area contributed by atoms with Gasteiger partial charge >= 0.3 is 0 Å². The van der Waals surface area contributed by atoms with Gasteiger partial charge in [0.15, 0.2) is 5.11 Å². The van der Waals surface area contributed by atoms with Gasteiger partial charge in [-0.15, -0.1) is 0 Å². The van der Waals surface area contributed by atoms with Crippen LogP contribution < -0.4 is 15.8 Å². The molecular formula is C22H29N5O3S2. The summed E-state index contributed by atoms with van der Waals surface area (Å²) in [7, 11) is -3.72. The predicted molar refractivity (Wildman–Crippen MR) is 131 cm³/mol. The van der Waals surface area contributed by atoms with Crippen molar-refractivity contribution < 1.29 is 13.2 Å².